The molecule has 31 heavy (non-hydrogen) atoms. The smallest absolute Gasteiger partial charge is 0.356 e. The van der Waals surface area contributed by atoms with Crippen molar-refractivity contribution in [1.29, 1.82) is 0 Å². The number of carboxylic acids is 1. The van der Waals surface area contributed by atoms with Gasteiger partial charge < -0.3 is 14.4 Å². The quantitative estimate of drug-likeness (QED) is 0.519. The summed E-state index contributed by atoms with van der Waals surface area (Å²) in [6, 6.07) is 17.1. The molecular formula is C22H22N2O6S. The number of hydrogen-bond donors (Lipinski definition) is 2. The summed E-state index contributed by atoms with van der Waals surface area (Å²) in [5.41, 5.74) is 1.30. The Bertz CT molecular complexity index is 1230. The number of thiol groups is 1. The zero-order valence-corrected chi connectivity index (χ0v) is 17.9. The lowest BCUT2D eigenvalue weighted by Gasteiger charge is -2.22. The third-order valence-electron chi connectivity index (χ3n) is 4.74. The van der Waals surface area contributed by atoms with E-state index in [1.165, 1.54) is 17.7 Å². The number of pyridine rings is 1. The van der Waals surface area contributed by atoms with Crippen LogP contribution in [0, 0.1) is 6.92 Å². The van der Waals surface area contributed by atoms with E-state index in [2.05, 4.69) is 0 Å². The maximum absolute atomic E-state index is 12.7. The van der Waals surface area contributed by atoms with Crippen LogP contribution in [0.1, 0.15) is 27.3 Å². The van der Waals surface area contributed by atoms with Crippen molar-refractivity contribution < 1.29 is 23.1 Å². The average Bonchev–Trinajstić information content (AvgIpc) is 2.73. The van der Waals surface area contributed by atoms with Crippen LogP contribution in [-0.2, 0) is 31.1 Å². The minimum absolute atomic E-state index is 0.0253. The van der Waals surface area contributed by atoms with Crippen LogP contribution < -0.4 is 14.5 Å². The van der Waals surface area contributed by atoms with E-state index in [1.54, 1.807) is 30.3 Å². The van der Waals surface area contributed by atoms with Crippen LogP contribution in [-0.4, -0.2) is 24.1 Å². The molecule has 3 aromatic rings. The highest BCUT2D eigenvalue weighted by molar-refractivity contribution is 7.74. The molecule has 162 valence electrons. The molecule has 0 amide bonds. The van der Waals surface area contributed by atoms with Crippen molar-refractivity contribution in [3.05, 3.63) is 93.4 Å². The first kappa shape index (κ1) is 22.1. The molecule has 8 nitrogen and oxygen atoms in total. The fourth-order valence-electron chi connectivity index (χ4n) is 3.17. The molecule has 0 fully saturated rings. The van der Waals surface area contributed by atoms with Gasteiger partial charge in [0.2, 0.25) is 16.3 Å². The Labute approximate surface area is 181 Å². The molecule has 1 N–H and O–H groups in total. The van der Waals surface area contributed by atoms with E-state index in [1.807, 2.05) is 31.2 Å². The number of carboxylic acid groups (broad SMARTS) is 1. The van der Waals surface area contributed by atoms with Crippen molar-refractivity contribution in [3.63, 3.8) is 0 Å². The number of nitrogens with zero attached hydrogens (tertiary/aromatic N) is 2. The number of aromatic carboxylic acids is 1. The molecule has 0 spiro atoms. The van der Waals surface area contributed by atoms with E-state index in [0.29, 0.717) is 5.69 Å². The second kappa shape index (κ2) is 9.48. The maximum Gasteiger partial charge on any atom is 0.356 e. The van der Waals surface area contributed by atoms with Gasteiger partial charge in [-0.05, 0) is 30.2 Å². The van der Waals surface area contributed by atoms with Gasteiger partial charge in [-0.15, -0.1) is 0 Å². The fourth-order valence-corrected chi connectivity index (χ4v) is 3.75. The minimum Gasteiger partial charge on any atom is -0.482 e. The monoisotopic (exact) mass is 442 g/mol. The summed E-state index contributed by atoms with van der Waals surface area (Å²) < 4.78 is 31.7. The fraction of sp³-hybridized carbons (Fsp3) is 0.182. The summed E-state index contributed by atoms with van der Waals surface area (Å²) in [6.45, 7) is 1.65. The standard InChI is InChI=1S/C22H22N2O6S/c1-15-7-6-10-17(11-15)24(31(28)29)13-18-12-19(25)21(20(22(26)27)23(18)2)30-14-16-8-4-3-5-9-16/h3-12,31H,13-14H2,1-2H3,(H,26,27). The van der Waals surface area contributed by atoms with Gasteiger partial charge >= 0.3 is 5.97 Å². The zero-order valence-electron chi connectivity index (χ0n) is 17.0. The van der Waals surface area contributed by atoms with Crippen LogP contribution in [0.2, 0.25) is 0 Å². The maximum atomic E-state index is 12.7. The topological polar surface area (TPSA) is 106 Å². The predicted molar refractivity (Wildman–Crippen MR) is 117 cm³/mol. The number of carbonyl (C=O) groups is 1. The summed E-state index contributed by atoms with van der Waals surface area (Å²) in [5, 5.41) is 9.72. The van der Waals surface area contributed by atoms with Gasteiger partial charge in [0.25, 0.3) is 0 Å². The minimum atomic E-state index is -3.03. The molecule has 0 aliphatic heterocycles. The molecule has 1 aromatic heterocycles. The summed E-state index contributed by atoms with van der Waals surface area (Å²) in [4.78, 5) is 24.6. The highest BCUT2D eigenvalue weighted by atomic mass is 32.2. The molecule has 0 saturated heterocycles. The van der Waals surface area contributed by atoms with Crippen molar-refractivity contribution in [2.75, 3.05) is 4.31 Å². The molecular weight excluding hydrogens is 420 g/mol. The average molecular weight is 442 g/mol. The molecule has 0 aliphatic rings. The van der Waals surface area contributed by atoms with Crippen molar-refractivity contribution >= 4 is 22.5 Å². The van der Waals surface area contributed by atoms with Crippen molar-refractivity contribution in [2.45, 2.75) is 20.1 Å². The van der Waals surface area contributed by atoms with Crippen LogP contribution >= 0.6 is 0 Å². The van der Waals surface area contributed by atoms with Crippen LogP contribution in [0.4, 0.5) is 5.69 Å². The van der Waals surface area contributed by atoms with Gasteiger partial charge in [0.05, 0.1) is 12.2 Å². The normalized spacial score (nSPS) is 10.8. The predicted octanol–water partition coefficient (Wildman–Crippen LogP) is 2.50. The molecule has 3 rings (SSSR count). The van der Waals surface area contributed by atoms with Crippen LogP contribution in [0.15, 0.2) is 65.5 Å². The van der Waals surface area contributed by atoms with Gasteiger partial charge in [0.1, 0.15) is 6.61 Å². The number of anilines is 1. The van der Waals surface area contributed by atoms with Crippen molar-refractivity contribution in [1.82, 2.24) is 4.57 Å². The van der Waals surface area contributed by atoms with Crippen LogP contribution in [0.5, 0.6) is 5.75 Å². The van der Waals surface area contributed by atoms with E-state index < -0.39 is 22.3 Å². The third kappa shape index (κ3) is 5.13. The Morgan fingerprint density at radius 1 is 1.10 bits per heavy atom. The Kier molecular flexibility index (Phi) is 6.76. The number of benzene rings is 2. The third-order valence-corrected chi connectivity index (χ3v) is 5.51. The van der Waals surface area contributed by atoms with Gasteiger partial charge in [-0.2, -0.15) is 0 Å². The molecule has 9 heteroatoms. The first-order chi connectivity index (χ1) is 14.8. The van der Waals surface area contributed by atoms with Crippen LogP contribution in [0.25, 0.3) is 0 Å². The van der Waals surface area contributed by atoms with Gasteiger partial charge in [0, 0.05) is 18.8 Å². The molecule has 0 unspecified atom stereocenters. The number of ether oxygens (including phenoxy) is 1. The Morgan fingerprint density at radius 3 is 2.42 bits per heavy atom. The Hall–Kier alpha value is -3.59. The zero-order chi connectivity index (χ0) is 22.5. The van der Waals surface area contributed by atoms with E-state index in [-0.39, 0.29) is 30.3 Å². The van der Waals surface area contributed by atoms with Crippen molar-refractivity contribution in [2.24, 2.45) is 7.05 Å². The Morgan fingerprint density at radius 2 is 1.81 bits per heavy atom. The summed E-state index contributed by atoms with van der Waals surface area (Å²) >= 11 is 0. The summed E-state index contributed by atoms with van der Waals surface area (Å²) in [7, 11) is -1.57. The lowest BCUT2D eigenvalue weighted by Crippen LogP contribution is -2.27. The molecule has 0 bridgehead atoms. The number of hydrogen-bond acceptors (Lipinski definition) is 5. The largest absolute Gasteiger partial charge is 0.482 e. The number of aryl methyl sites for hydroxylation is 1. The van der Waals surface area contributed by atoms with Gasteiger partial charge in [-0.1, -0.05) is 42.5 Å². The summed E-state index contributed by atoms with van der Waals surface area (Å²) in [5.74, 6) is -1.64. The first-order valence-electron chi connectivity index (χ1n) is 9.39. The SMILES string of the molecule is Cc1cccc(N(Cc2cc(=O)c(OCc3ccccc3)c(C(=O)O)n2C)[SH](=O)=O)c1. The highest BCUT2D eigenvalue weighted by Crippen LogP contribution is 2.21. The lowest BCUT2D eigenvalue weighted by molar-refractivity contribution is 0.0678. The molecule has 0 radical (unpaired) electrons. The van der Waals surface area contributed by atoms with E-state index in [4.69, 9.17) is 4.74 Å². The molecule has 0 aliphatic carbocycles. The molecule has 2 aromatic carbocycles. The highest BCUT2D eigenvalue weighted by Gasteiger charge is 2.22. The van der Waals surface area contributed by atoms with Gasteiger partial charge in [0.15, 0.2) is 11.4 Å². The summed E-state index contributed by atoms with van der Waals surface area (Å²) in [6.07, 6.45) is 0. The molecule has 0 atom stereocenters. The van der Waals surface area contributed by atoms with Gasteiger partial charge in [-0.25, -0.2) is 13.2 Å². The molecule has 1 heterocycles. The Balaban J connectivity index is 2.00. The second-order valence-corrected chi connectivity index (χ2v) is 7.91. The number of aromatic nitrogens is 1. The van der Waals surface area contributed by atoms with E-state index >= 15 is 0 Å². The van der Waals surface area contributed by atoms with E-state index in [9.17, 15) is 23.1 Å². The second-order valence-electron chi connectivity index (χ2n) is 6.95. The van der Waals surface area contributed by atoms with Gasteiger partial charge in [-0.3, -0.25) is 9.10 Å². The number of rotatable bonds is 8. The van der Waals surface area contributed by atoms with Crippen LogP contribution in [0.3, 0.4) is 0 Å². The van der Waals surface area contributed by atoms with E-state index in [0.717, 1.165) is 15.4 Å². The lowest BCUT2D eigenvalue weighted by atomic mass is 10.2. The van der Waals surface area contributed by atoms with Crippen molar-refractivity contribution in [3.8, 4) is 5.75 Å². The molecule has 0 saturated carbocycles. The first-order valence-corrected chi connectivity index (χ1v) is 10.5.